The average Bonchev–Trinajstić information content (AvgIpc) is 2.86. The molecule has 2 aromatic rings. The first kappa shape index (κ1) is 13.2. The predicted molar refractivity (Wildman–Crippen MR) is 72.3 cm³/mol. The summed E-state index contributed by atoms with van der Waals surface area (Å²) in [7, 11) is 0. The summed E-state index contributed by atoms with van der Waals surface area (Å²) in [6.45, 7) is 1.93. The summed E-state index contributed by atoms with van der Waals surface area (Å²) in [5.41, 5.74) is 0.805. The minimum atomic E-state index is -0.470. The molecule has 5 nitrogen and oxygen atoms in total. The Hall–Kier alpha value is -2.21. The third-order valence-electron chi connectivity index (χ3n) is 2.56. The van der Waals surface area contributed by atoms with Crippen LogP contribution in [0.25, 0.3) is 0 Å². The molecule has 0 unspecified atom stereocenters. The number of aldehydes is 1. The molecular formula is C13H11NO4S. The second-order valence-corrected chi connectivity index (χ2v) is 4.87. The van der Waals surface area contributed by atoms with Crippen molar-refractivity contribution in [1.82, 2.24) is 0 Å². The largest absolute Gasteiger partial charge is 0.439 e. The number of nitrogens with zero attached hydrogens (tertiary/aromatic N) is 1. The maximum atomic E-state index is 11.0. The highest BCUT2D eigenvalue weighted by Gasteiger charge is 2.17. The van der Waals surface area contributed by atoms with Crippen LogP contribution in [0.2, 0.25) is 0 Å². The Bertz CT molecular complexity index is 621. The summed E-state index contributed by atoms with van der Waals surface area (Å²) in [6.07, 6.45) is 1.43. The number of hydrogen-bond donors (Lipinski definition) is 0. The van der Waals surface area contributed by atoms with Crippen LogP contribution in [-0.4, -0.2) is 11.2 Å². The van der Waals surface area contributed by atoms with Crippen molar-refractivity contribution in [3.05, 3.63) is 50.9 Å². The zero-order chi connectivity index (χ0) is 13.8. The molecule has 2 rings (SSSR count). The lowest BCUT2D eigenvalue weighted by Gasteiger charge is -2.05. The van der Waals surface area contributed by atoms with Crippen LogP contribution in [0.3, 0.4) is 0 Å². The van der Waals surface area contributed by atoms with E-state index in [0.29, 0.717) is 16.2 Å². The number of carbonyl (C=O) groups excluding carboxylic acids is 1. The van der Waals surface area contributed by atoms with E-state index in [0.717, 1.165) is 23.3 Å². The van der Waals surface area contributed by atoms with Gasteiger partial charge in [-0.1, -0.05) is 24.3 Å². The highest BCUT2D eigenvalue weighted by molar-refractivity contribution is 7.15. The molecule has 19 heavy (non-hydrogen) atoms. The number of nitro benzene ring substituents is 1. The molecule has 1 heterocycles. The lowest BCUT2D eigenvalue weighted by molar-refractivity contribution is -0.385. The van der Waals surface area contributed by atoms with Crippen LogP contribution in [-0.2, 0) is 6.42 Å². The number of carbonyl (C=O) groups is 1. The summed E-state index contributed by atoms with van der Waals surface area (Å²) in [5.74, 6) is 0.182. The maximum Gasteiger partial charge on any atom is 0.311 e. The van der Waals surface area contributed by atoms with Gasteiger partial charge in [0.2, 0.25) is 5.75 Å². The SMILES string of the molecule is CCc1ccc(Oc2ccc(C=O)s2)c([N+](=O)[O-])c1. The van der Waals surface area contributed by atoms with Gasteiger partial charge in [0.25, 0.3) is 0 Å². The molecule has 0 aliphatic heterocycles. The summed E-state index contributed by atoms with van der Waals surface area (Å²) in [4.78, 5) is 21.6. The second-order valence-electron chi connectivity index (χ2n) is 3.79. The highest BCUT2D eigenvalue weighted by Crippen LogP contribution is 2.35. The smallest absolute Gasteiger partial charge is 0.311 e. The van der Waals surface area contributed by atoms with Crippen LogP contribution in [0.1, 0.15) is 22.2 Å². The molecule has 0 aliphatic carbocycles. The molecule has 0 bridgehead atoms. The van der Waals surface area contributed by atoms with Gasteiger partial charge in [0.1, 0.15) is 0 Å². The van der Waals surface area contributed by atoms with Gasteiger partial charge < -0.3 is 4.74 Å². The summed E-state index contributed by atoms with van der Waals surface area (Å²) in [6, 6.07) is 8.10. The van der Waals surface area contributed by atoms with Crippen molar-refractivity contribution in [3.8, 4) is 10.8 Å². The van der Waals surface area contributed by atoms with Gasteiger partial charge in [-0.3, -0.25) is 14.9 Å². The Balaban J connectivity index is 2.33. The fourth-order valence-electron chi connectivity index (χ4n) is 1.57. The van der Waals surface area contributed by atoms with Crippen LogP contribution in [0.5, 0.6) is 10.8 Å². The van der Waals surface area contributed by atoms with Crippen molar-refractivity contribution in [3.63, 3.8) is 0 Å². The standard InChI is InChI=1S/C13H11NO4S/c1-2-9-3-5-12(11(7-9)14(16)17)18-13-6-4-10(8-15)19-13/h3-8H,2H2,1H3. The van der Waals surface area contributed by atoms with Gasteiger partial charge in [-0.25, -0.2) is 0 Å². The van der Waals surface area contributed by atoms with Gasteiger partial charge in [-0.2, -0.15) is 0 Å². The highest BCUT2D eigenvalue weighted by atomic mass is 32.1. The van der Waals surface area contributed by atoms with Crippen LogP contribution >= 0.6 is 11.3 Å². The first-order valence-electron chi connectivity index (χ1n) is 5.64. The molecule has 0 N–H and O–H groups in total. The van der Waals surface area contributed by atoms with Crippen molar-refractivity contribution < 1.29 is 14.5 Å². The maximum absolute atomic E-state index is 11.0. The zero-order valence-electron chi connectivity index (χ0n) is 10.2. The van der Waals surface area contributed by atoms with Gasteiger partial charge >= 0.3 is 5.69 Å². The minimum Gasteiger partial charge on any atom is -0.439 e. The molecule has 0 fully saturated rings. The van der Waals surface area contributed by atoms with Gasteiger partial charge in [-0.15, -0.1) is 0 Å². The lowest BCUT2D eigenvalue weighted by atomic mass is 10.1. The summed E-state index contributed by atoms with van der Waals surface area (Å²) in [5, 5.41) is 11.5. The molecule has 0 atom stereocenters. The Morgan fingerprint density at radius 3 is 2.74 bits per heavy atom. The molecule has 0 aliphatic rings. The van der Waals surface area contributed by atoms with Crippen molar-refractivity contribution in [2.24, 2.45) is 0 Å². The zero-order valence-corrected chi connectivity index (χ0v) is 11.0. The molecule has 6 heteroatoms. The second kappa shape index (κ2) is 5.62. The fourth-order valence-corrected chi connectivity index (χ4v) is 2.26. The van der Waals surface area contributed by atoms with Crippen LogP contribution < -0.4 is 4.74 Å². The van der Waals surface area contributed by atoms with E-state index < -0.39 is 4.92 Å². The van der Waals surface area contributed by atoms with Gasteiger partial charge in [0.05, 0.1) is 9.80 Å². The quantitative estimate of drug-likeness (QED) is 0.473. The van der Waals surface area contributed by atoms with E-state index in [1.807, 2.05) is 6.92 Å². The molecule has 98 valence electrons. The monoisotopic (exact) mass is 277 g/mol. The van der Waals surface area contributed by atoms with E-state index in [1.54, 1.807) is 24.3 Å². The van der Waals surface area contributed by atoms with Gasteiger partial charge in [0, 0.05) is 6.07 Å². The summed E-state index contributed by atoms with van der Waals surface area (Å²) >= 11 is 1.15. The van der Waals surface area contributed by atoms with E-state index in [-0.39, 0.29) is 11.4 Å². The number of aryl methyl sites for hydroxylation is 1. The lowest BCUT2D eigenvalue weighted by Crippen LogP contribution is -1.94. The first-order chi connectivity index (χ1) is 9.13. The number of rotatable bonds is 5. The van der Waals surface area contributed by atoms with E-state index >= 15 is 0 Å². The molecule has 0 radical (unpaired) electrons. The van der Waals surface area contributed by atoms with E-state index in [4.69, 9.17) is 4.74 Å². The molecule has 1 aromatic carbocycles. The molecule has 0 saturated heterocycles. The third-order valence-corrected chi connectivity index (χ3v) is 3.45. The van der Waals surface area contributed by atoms with E-state index in [1.165, 1.54) is 6.07 Å². The van der Waals surface area contributed by atoms with Crippen molar-refractivity contribution >= 4 is 23.3 Å². The first-order valence-corrected chi connectivity index (χ1v) is 6.46. The number of ether oxygens (including phenoxy) is 1. The molecule has 0 saturated carbocycles. The third kappa shape index (κ3) is 2.97. The van der Waals surface area contributed by atoms with Crippen LogP contribution in [0.15, 0.2) is 30.3 Å². The number of thiophene rings is 1. The van der Waals surface area contributed by atoms with Crippen LogP contribution in [0.4, 0.5) is 5.69 Å². The van der Waals surface area contributed by atoms with Crippen LogP contribution in [0, 0.1) is 10.1 Å². The van der Waals surface area contributed by atoms with Gasteiger partial charge in [0.15, 0.2) is 11.3 Å². The Kier molecular flexibility index (Phi) is 3.91. The minimum absolute atomic E-state index is 0.0691. The molecule has 0 spiro atoms. The Morgan fingerprint density at radius 1 is 1.37 bits per heavy atom. The van der Waals surface area contributed by atoms with Crippen molar-refractivity contribution in [1.29, 1.82) is 0 Å². The topological polar surface area (TPSA) is 69.4 Å². The number of nitro groups is 1. The van der Waals surface area contributed by atoms with Gasteiger partial charge in [-0.05, 0) is 30.2 Å². The molecule has 0 amide bonds. The molecular weight excluding hydrogens is 266 g/mol. The van der Waals surface area contributed by atoms with Crippen molar-refractivity contribution in [2.45, 2.75) is 13.3 Å². The summed E-state index contributed by atoms with van der Waals surface area (Å²) < 4.78 is 5.47. The molecule has 1 aromatic heterocycles. The fraction of sp³-hybridized carbons (Fsp3) is 0.154. The van der Waals surface area contributed by atoms with Crippen molar-refractivity contribution in [2.75, 3.05) is 0 Å². The number of hydrogen-bond acceptors (Lipinski definition) is 5. The van der Waals surface area contributed by atoms with E-state index in [2.05, 4.69) is 0 Å². The predicted octanol–water partition coefficient (Wildman–Crippen LogP) is 3.82. The average molecular weight is 277 g/mol. The normalized spacial score (nSPS) is 10.2. The Labute approximate surface area is 113 Å². The number of benzene rings is 1. The van der Waals surface area contributed by atoms with E-state index in [9.17, 15) is 14.9 Å². The Morgan fingerprint density at radius 2 is 2.16 bits per heavy atom.